The summed E-state index contributed by atoms with van der Waals surface area (Å²) in [5, 5.41) is 3.59. The molecule has 88 valence electrons. The summed E-state index contributed by atoms with van der Waals surface area (Å²) in [6.07, 6.45) is 2.42. The van der Waals surface area contributed by atoms with E-state index in [9.17, 15) is 0 Å². The number of benzene rings is 1. The highest BCUT2D eigenvalue weighted by molar-refractivity contribution is 9.10. The SMILES string of the molecule is CCC1CN(c2ccccc2Br)CCCN1. The third kappa shape index (κ3) is 2.77. The van der Waals surface area contributed by atoms with Crippen LogP contribution in [0.15, 0.2) is 28.7 Å². The van der Waals surface area contributed by atoms with Crippen LogP contribution in [-0.2, 0) is 0 Å². The highest BCUT2D eigenvalue weighted by Gasteiger charge is 2.17. The fourth-order valence-corrected chi connectivity index (χ4v) is 2.73. The van der Waals surface area contributed by atoms with Gasteiger partial charge in [0.2, 0.25) is 0 Å². The number of para-hydroxylation sites is 1. The van der Waals surface area contributed by atoms with Gasteiger partial charge in [0.1, 0.15) is 0 Å². The summed E-state index contributed by atoms with van der Waals surface area (Å²) in [5.41, 5.74) is 1.32. The quantitative estimate of drug-likeness (QED) is 0.897. The van der Waals surface area contributed by atoms with E-state index >= 15 is 0 Å². The number of hydrogen-bond acceptors (Lipinski definition) is 2. The molecule has 1 aromatic carbocycles. The van der Waals surface area contributed by atoms with Crippen molar-refractivity contribution in [3.63, 3.8) is 0 Å². The van der Waals surface area contributed by atoms with Crippen molar-refractivity contribution in [3.8, 4) is 0 Å². The van der Waals surface area contributed by atoms with Crippen molar-refractivity contribution in [2.24, 2.45) is 0 Å². The van der Waals surface area contributed by atoms with E-state index < -0.39 is 0 Å². The minimum absolute atomic E-state index is 0.620. The van der Waals surface area contributed by atoms with E-state index in [1.807, 2.05) is 0 Å². The molecule has 0 spiro atoms. The highest BCUT2D eigenvalue weighted by atomic mass is 79.9. The van der Waals surface area contributed by atoms with Gasteiger partial charge in [0.25, 0.3) is 0 Å². The number of anilines is 1. The topological polar surface area (TPSA) is 15.3 Å². The van der Waals surface area contributed by atoms with Gasteiger partial charge in [-0.2, -0.15) is 0 Å². The molecule has 16 heavy (non-hydrogen) atoms. The molecule has 1 aliphatic rings. The first-order valence-corrected chi connectivity index (χ1v) is 6.83. The maximum atomic E-state index is 3.64. The number of nitrogens with one attached hydrogen (secondary N) is 1. The molecule has 2 nitrogen and oxygen atoms in total. The van der Waals surface area contributed by atoms with Gasteiger partial charge in [-0.05, 0) is 47.4 Å². The standard InChI is InChI=1S/C13H19BrN2/c1-2-11-10-16(9-5-8-15-11)13-7-4-3-6-12(13)14/h3-4,6-7,11,15H,2,5,8-10H2,1H3. The Morgan fingerprint density at radius 1 is 1.44 bits per heavy atom. The number of nitrogens with zero attached hydrogens (tertiary/aromatic N) is 1. The van der Waals surface area contributed by atoms with Crippen LogP contribution in [0.3, 0.4) is 0 Å². The first-order valence-electron chi connectivity index (χ1n) is 6.04. The molecule has 0 aromatic heterocycles. The second-order valence-electron chi connectivity index (χ2n) is 4.31. The molecule has 0 aliphatic carbocycles. The Morgan fingerprint density at radius 3 is 3.00 bits per heavy atom. The van der Waals surface area contributed by atoms with Gasteiger partial charge in [0, 0.05) is 23.6 Å². The summed E-state index contributed by atoms with van der Waals surface area (Å²) in [4.78, 5) is 2.48. The first-order chi connectivity index (χ1) is 7.81. The van der Waals surface area contributed by atoms with Gasteiger partial charge < -0.3 is 10.2 Å². The summed E-state index contributed by atoms with van der Waals surface area (Å²) in [5.74, 6) is 0. The van der Waals surface area contributed by atoms with Gasteiger partial charge in [-0.15, -0.1) is 0 Å². The Morgan fingerprint density at radius 2 is 2.25 bits per heavy atom. The van der Waals surface area contributed by atoms with Crippen molar-refractivity contribution in [3.05, 3.63) is 28.7 Å². The lowest BCUT2D eigenvalue weighted by atomic mass is 10.2. The average Bonchev–Trinajstić information content (AvgIpc) is 2.55. The van der Waals surface area contributed by atoms with E-state index in [2.05, 4.69) is 57.3 Å². The van der Waals surface area contributed by atoms with Crippen LogP contribution in [0.2, 0.25) is 0 Å². The van der Waals surface area contributed by atoms with Crippen molar-refractivity contribution in [1.82, 2.24) is 5.32 Å². The first kappa shape index (κ1) is 11.9. The van der Waals surface area contributed by atoms with Gasteiger partial charge in [0.15, 0.2) is 0 Å². The van der Waals surface area contributed by atoms with Crippen LogP contribution in [0.5, 0.6) is 0 Å². The molecule has 1 unspecified atom stereocenters. The largest absolute Gasteiger partial charge is 0.369 e. The van der Waals surface area contributed by atoms with Gasteiger partial charge in [-0.1, -0.05) is 19.1 Å². The number of rotatable bonds is 2. The molecule has 1 atom stereocenters. The van der Waals surface area contributed by atoms with Crippen LogP contribution in [0.25, 0.3) is 0 Å². The van der Waals surface area contributed by atoms with Crippen molar-refractivity contribution < 1.29 is 0 Å². The zero-order valence-corrected chi connectivity index (χ0v) is 11.3. The van der Waals surface area contributed by atoms with Gasteiger partial charge in [-0.25, -0.2) is 0 Å². The molecular formula is C13H19BrN2. The second kappa shape index (κ2) is 5.69. The van der Waals surface area contributed by atoms with Crippen molar-refractivity contribution in [2.75, 3.05) is 24.5 Å². The minimum atomic E-state index is 0.620. The fraction of sp³-hybridized carbons (Fsp3) is 0.538. The lowest BCUT2D eigenvalue weighted by molar-refractivity contribution is 0.528. The van der Waals surface area contributed by atoms with Crippen molar-refractivity contribution >= 4 is 21.6 Å². The van der Waals surface area contributed by atoms with Gasteiger partial charge in [-0.3, -0.25) is 0 Å². The molecule has 3 heteroatoms. The predicted molar refractivity (Wildman–Crippen MR) is 73.1 cm³/mol. The number of hydrogen-bond donors (Lipinski definition) is 1. The van der Waals surface area contributed by atoms with Crippen LogP contribution < -0.4 is 10.2 Å². The summed E-state index contributed by atoms with van der Waals surface area (Å²) >= 11 is 3.64. The summed E-state index contributed by atoms with van der Waals surface area (Å²) in [7, 11) is 0. The highest BCUT2D eigenvalue weighted by Crippen LogP contribution is 2.26. The van der Waals surface area contributed by atoms with Crippen LogP contribution in [0, 0.1) is 0 Å². The average molecular weight is 283 g/mol. The summed E-state index contributed by atoms with van der Waals surface area (Å²) in [6.45, 7) is 5.64. The summed E-state index contributed by atoms with van der Waals surface area (Å²) < 4.78 is 1.20. The monoisotopic (exact) mass is 282 g/mol. The molecule has 2 rings (SSSR count). The Kier molecular flexibility index (Phi) is 4.24. The molecule has 0 amide bonds. The van der Waals surface area contributed by atoms with Gasteiger partial charge in [0.05, 0.1) is 5.69 Å². The lowest BCUT2D eigenvalue weighted by Gasteiger charge is -2.26. The third-order valence-corrected chi connectivity index (χ3v) is 3.84. The maximum Gasteiger partial charge on any atom is 0.0511 e. The van der Waals surface area contributed by atoms with E-state index in [0.717, 1.165) is 19.6 Å². The number of halogens is 1. The zero-order chi connectivity index (χ0) is 11.4. The van der Waals surface area contributed by atoms with E-state index in [-0.39, 0.29) is 0 Å². The van der Waals surface area contributed by atoms with Gasteiger partial charge >= 0.3 is 0 Å². The molecule has 1 aromatic rings. The fourth-order valence-electron chi connectivity index (χ4n) is 2.20. The molecule has 1 heterocycles. The lowest BCUT2D eigenvalue weighted by Crippen LogP contribution is -2.37. The zero-order valence-electron chi connectivity index (χ0n) is 9.75. The molecule has 0 radical (unpaired) electrons. The molecule has 1 N–H and O–H groups in total. The van der Waals surface area contributed by atoms with E-state index in [4.69, 9.17) is 0 Å². The Balaban J connectivity index is 2.16. The molecular weight excluding hydrogens is 264 g/mol. The normalized spacial score (nSPS) is 21.9. The molecule has 1 aliphatic heterocycles. The van der Waals surface area contributed by atoms with Crippen molar-refractivity contribution in [2.45, 2.75) is 25.8 Å². The van der Waals surface area contributed by atoms with E-state index in [1.165, 1.54) is 23.0 Å². The predicted octanol–water partition coefficient (Wildman–Crippen LogP) is 3.03. The Hall–Kier alpha value is -0.540. The maximum absolute atomic E-state index is 3.64. The van der Waals surface area contributed by atoms with Crippen LogP contribution in [-0.4, -0.2) is 25.7 Å². The minimum Gasteiger partial charge on any atom is -0.369 e. The Labute approximate surface area is 106 Å². The van der Waals surface area contributed by atoms with E-state index in [1.54, 1.807) is 0 Å². The molecule has 0 bridgehead atoms. The molecule has 1 saturated heterocycles. The Bertz CT molecular complexity index is 340. The summed E-state index contributed by atoms with van der Waals surface area (Å²) in [6, 6.07) is 9.12. The van der Waals surface area contributed by atoms with Crippen LogP contribution >= 0.6 is 15.9 Å². The van der Waals surface area contributed by atoms with Crippen LogP contribution in [0.1, 0.15) is 19.8 Å². The smallest absolute Gasteiger partial charge is 0.0511 e. The third-order valence-electron chi connectivity index (χ3n) is 3.16. The van der Waals surface area contributed by atoms with Crippen molar-refractivity contribution in [1.29, 1.82) is 0 Å². The van der Waals surface area contributed by atoms with Crippen LogP contribution in [0.4, 0.5) is 5.69 Å². The second-order valence-corrected chi connectivity index (χ2v) is 5.16. The molecule has 1 fully saturated rings. The molecule has 0 saturated carbocycles. The van der Waals surface area contributed by atoms with E-state index in [0.29, 0.717) is 6.04 Å².